The molecule has 1 saturated carbocycles. The summed E-state index contributed by atoms with van der Waals surface area (Å²) in [7, 11) is 0. The fourth-order valence-corrected chi connectivity index (χ4v) is 3.41. The molecule has 1 aliphatic heterocycles. The summed E-state index contributed by atoms with van der Waals surface area (Å²) >= 11 is 1.67. The molecule has 1 amide bonds. The van der Waals surface area contributed by atoms with Crippen molar-refractivity contribution in [2.75, 3.05) is 13.1 Å². The van der Waals surface area contributed by atoms with Crippen LogP contribution < -0.4 is 10.6 Å². The van der Waals surface area contributed by atoms with Crippen molar-refractivity contribution in [3.05, 3.63) is 16.1 Å². The molecule has 2 fully saturated rings. The number of hydrogen-bond donors (Lipinski definition) is 2. The van der Waals surface area contributed by atoms with Gasteiger partial charge in [-0.15, -0.1) is 36.2 Å². The number of amides is 1. The Kier molecular flexibility index (Phi) is 6.72. The number of nitrogens with one attached hydrogen (secondary N) is 2. The van der Waals surface area contributed by atoms with Gasteiger partial charge in [-0.3, -0.25) is 4.79 Å². The second-order valence-corrected chi connectivity index (χ2v) is 6.23. The van der Waals surface area contributed by atoms with Crippen LogP contribution in [0.25, 0.3) is 0 Å². The van der Waals surface area contributed by atoms with Crippen LogP contribution in [0.4, 0.5) is 0 Å². The molecule has 0 spiro atoms. The maximum absolute atomic E-state index is 12.2. The summed E-state index contributed by atoms with van der Waals surface area (Å²) in [5.41, 5.74) is 1.05. The number of carbonyl (C=O) groups excluding carboxylic acids is 1. The standard InChI is InChI=1S/C13H19N3OS.2ClH/c1-8-7-18-13(15-8)11(9-2-3-9)16-12(17)10-4-5-14-6-10;;/h7,9-11,14H,2-6H2,1H3,(H,16,17);2*1H. The quantitative estimate of drug-likeness (QED) is 0.887. The van der Waals surface area contributed by atoms with Crippen molar-refractivity contribution in [3.63, 3.8) is 0 Å². The van der Waals surface area contributed by atoms with Crippen molar-refractivity contribution in [2.24, 2.45) is 11.8 Å². The number of nitrogens with zero attached hydrogens (tertiary/aromatic N) is 1. The Morgan fingerprint density at radius 2 is 2.20 bits per heavy atom. The maximum Gasteiger partial charge on any atom is 0.225 e. The van der Waals surface area contributed by atoms with Gasteiger partial charge in [0.25, 0.3) is 0 Å². The molecule has 1 aromatic rings. The van der Waals surface area contributed by atoms with Crippen molar-refractivity contribution in [2.45, 2.75) is 32.2 Å². The normalized spacial score (nSPS) is 22.6. The molecule has 1 aliphatic carbocycles. The Morgan fingerprint density at radius 1 is 1.45 bits per heavy atom. The Bertz CT molecular complexity index is 445. The lowest BCUT2D eigenvalue weighted by molar-refractivity contribution is -0.125. The predicted octanol–water partition coefficient (Wildman–Crippen LogP) is 2.47. The summed E-state index contributed by atoms with van der Waals surface area (Å²) in [5, 5.41) is 9.60. The molecule has 0 aromatic carbocycles. The van der Waals surface area contributed by atoms with E-state index in [0.717, 1.165) is 30.2 Å². The minimum atomic E-state index is 0. The smallest absolute Gasteiger partial charge is 0.225 e. The SMILES string of the molecule is Cc1csc(C(NC(=O)C2CCNC2)C2CC2)n1.Cl.Cl. The average molecular weight is 338 g/mol. The van der Waals surface area contributed by atoms with E-state index < -0.39 is 0 Å². The number of rotatable bonds is 4. The summed E-state index contributed by atoms with van der Waals surface area (Å²) in [5.74, 6) is 0.950. The van der Waals surface area contributed by atoms with E-state index in [9.17, 15) is 4.79 Å². The van der Waals surface area contributed by atoms with E-state index in [0.29, 0.717) is 5.92 Å². The van der Waals surface area contributed by atoms with Crippen molar-refractivity contribution in [3.8, 4) is 0 Å². The van der Waals surface area contributed by atoms with Crippen LogP contribution in [0.5, 0.6) is 0 Å². The Balaban J connectivity index is 0.000001000. The first-order valence-corrected chi connectivity index (χ1v) is 7.55. The lowest BCUT2D eigenvalue weighted by Crippen LogP contribution is -2.35. The van der Waals surface area contributed by atoms with Crippen molar-refractivity contribution >= 4 is 42.1 Å². The number of halogens is 2. The molecule has 1 saturated heterocycles. The highest BCUT2D eigenvalue weighted by atomic mass is 35.5. The fraction of sp³-hybridized carbons (Fsp3) is 0.692. The summed E-state index contributed by atoms with van der Waals surface area (Å²) in [4.78, 5) is 16.7. The first-order chi connectivity index (χ1) is 8.74. The maximum atomic E-state index is 12.2. The Labute approximate surface area is 135 Å². The minimum Gasteiger partial charge on any atom is -0.346 e. The van der Waals surface area contributed by atoms with Crippen LogP contribution in [-0.2, 0) is 4.79 Å². The third-order valence-corrected chi connectivity index (χ3v) is 4.77. The van der Waals surface area contributed by atoms with Crippen molar-refractivity contribution < 1.29 is 4.79 Å². The van der Waals surface area contributed by atoms with Crippen LogP contribution in [0.2, 0.25) is 0 Å². The number of aryl methyl sites for hydroxylation is 1. The molecule has 4 nitrogen and oxygen atoms in total. The molecule has 0 radical (unpaired) electrons. The van der Waals surface area contributed by atoms with Crippen LogP contribution in [0.3, 0.4) is 0 Å². The first-order valence-electron chi connectivity index (χ1n) is 6.67. The highest BCUT2D eigenvalue weighted by Crippen LogP contribution is 2.42. The molecular formula is C13H21Cl2N3OS. The van der Waals surface area contributed by atoms with Gasteiger partial charge >= 0.3 is 0 Å². The van der Waals surface area contributed by atoms with Crippen molar-refractivity contribution in [1.29, 1.82) is 0 Å². The second kappa shape index (κ2) is 7.59. The van der Waals surface area contributed by atoms with Crippen LogP contribution in [0.15, 0.2) is 5.38 Å². The lowest BCUT2D eigenvalue weighted by Gasteiger charge is -2.18. The molecule has 114 valence electrons. The molecule has 3 rings (SSSR count). The summed E-state index contributed by atoms with van der Waals surface area (Å²) in [6.45, 7) is 3.79. The Morgan fingerprint density at radius 3 is 2.70 bits per heavy atom. The molecule has 2 heterocycles. The van der Waals surface area contributed by atoms with Gasteiger partial charge in [0.05, 0.1) is 12.0 Å². The van der Waals surface area contributed by atoms with E-state index in [1.165, 1.54) is 12.8 Å². The zero-order valence-corrected chi connectivity index (χ0v) is 13.9. The van der Waals surface area contributed by atoms with E-state index in [-0.39, 0.29) is 42.7 Å². The van der Waals surface area contributed by atoms with E-state index >= 15 is 0 Å². The zero-order chi connectivity index (χ0) is 12.5. The molecule has 2 unspecified atom stereocenters. The van der Waals surface area contributed by atoms with Crippen LogP contribution in [-0.4, -0.2) is 24.0 Å². The fourth-order valence-electron chi connectivity index (χ4n) is 2.48. The number of thiazole rings is 1. The number of aromatic nitrogens is 1. The molecule has 7 heteroatoms. The van der Waals surface area contributed by atoms with Gasteiger partial charge in [-0.2, -0.15) is 0 Å². The topological polar surface area (TPSA) is 54.0 Å². The van der Waals surface area contributed by atoms with Crippen LogP contribution >= 0.6 is 36.2 Å². The highest BCUT2D eigenvalue weighted by molar-refractivity contribution is 7.09. The largest absolute Gasteiger partial charge is 0.346 e. The summed E-state index contributed by atoms with van der Waals surface area (Å²) < 4.78 is 0. The van der Waals surface area contributed by atoms with Crippen LogP contribution in [0, 0.1) is 18.8 Å². The monoisotopic (exact) mass is 337 g/mol. The summed E-state index contributed by atoms with van der Waals surface area (Å²) in [6.07, 6.45) is 3.39. The van der Waals surface area contributed by atoms with Gasteiger partial charge in [0.1, 0.15) is 5.01 Å². The Hall–Kier alpha value is -0.360. The highest BCUT2D eigenvalue weighted by Gasteiger charge is 2.36. The summed E-state index contributed by atoms with van der Waals surface area (Å²) in [6, 6.07) is 0.150. The van der Waals surface area contributed by atoms with Gasteiger partial charge < -0.3 is 10.6 Å². The van der Waals surface area contributed by atoms with Crippen LogP contribution in [0.1, 0.15) is 36.0 Å². The van der Waals surface area contributed by atoms with Gasteiger partial charge in [-0.1, -0.05) is 0 Å². The van der Waals surface area contributed by atoms with E-state index in [4.69, 9.17) is 0 Å². The minimum absolute atomic E-state index is 0. The van der Waals surface area contributed by atoms with Gasteiger partial charge in [-0.05, 0) is 38.6 Å². The molecule has 2 atom stereocenters. The van der Waals surface area contributed by atoms with Gasteiger partial charge in [0.15, 0.2) is 0 Å². The lowest BCUT2D eigenvalue weighted by atomic mass is 10.1. The molecule has 0 bridgehead atoms. The van der Waals surface area contributed by atoms with Gasteiger partial charge in [0.2, 0.25) is 5.91 Å². The molecular weight excluding hydrogens is 317 g/mol. The second-order valence-electron chi connectivity index (χ2n) is 5.34. The van der Waals surface area contributed by atoms with E-state index in [1.54, 1.807) is 11.3 Å². The number of carbonyl (C=O) groups is 1. The van der Waals surface area contributed by atoms with E-state index in [1.807, 2.05) is 6.92 Å². The molecule has 20 heavy (non-hydrogen) atoms. The number of hydrogen-bond acceptors (Lipinski definition) is 4. The van der Waals surface area contributed by atoms with Gasteiger partial charge in [0, 0.05) is 17.6 Å². The third-order valence-electron chi connectivity index (χ3n) is 3.73. The van der Waals surface area contributed by atoms with Crippen molar-refractivity contribution in [1.82, 2.24) is 15.6 Å². The third kappa shape index (κ3) is 4.07. The van der Waals surface area contributed by atoms with Gasteiger partial charge in [-0.25, -0.2) is 4.98 Å². The molecule has 1 aromatic heterocycles. The predicted molar refractivity (Wildman–Crippen MR) is 85.9 cm³/mol. The molecule has 2 N–H and O–H groups in total. The zero-order valence-electron chi connectivity index (χ0n) is 11.4. The molecule has 2 aliphatic rings. The average Bonchev–Trinajstić information content (AvgIpc) is 2.88. The van der Waals surface area contributed by atoms with E-state index in [2.05, 4.69) is 21.0 Å². The first kappa shape index (κ1) is 17.7.